The Balaban J connectivity index is 1.60. The van der Waals surface area contributed by atoms with E-state index in [-0.39, 0.29) is 0 Å². The van der Waals surface area contributed by atoms with Crippen molar-refractivity contribution in [2.75, 3.05) is 26.7 Å². The first-order valence-electron chi connectivity index (χ1n) is 7.25. The van der Waals surface area contributed by atoms with E-state index in [1.165, 1.54) is 17.5 Å². The van der Waals surface area contributed by atoms with Gasteiger partial charge in [0.15, 0.2) is 0 Å². The predicted molar refractivity (Wildman–Crippen MR) is 75.8 cm³/mol. The molecule has 0 N–H and O–H groups in total. The SMILES string of the molecule is CN1CCC(CC(=O)N2CCc3ccccc3C2)C1. The summed E-state index contributed by atoms with van der Waals surface area (Å²) in [5, 5.41) is 0. The zero-order chi connectivity index (χ0) is 13.2. The van der Waals surface area contributed by atoms with E-state index in [9.17, 15) is 4.79 Å². The second-order valence-corrected chi connectivity index (χ2v) is 5.96. The largest absolute Gasteiger partial charge is 0.338 e. The zero-order valence-electron chi connectivity index (χ0n) is 11.6. The zero-order valence-corrected chi connectivity index (χ0v) is 11.6. The molecule has 1 unspecified atom stereocenters. The van der Waals surface area contributed by atoms with Gasteiger partial charge in [-0.2, -0.15) is 0 Å². The quantitative estimate of drug-likeness (QED) is 0.809. The first kappa shape index (κ1) is 12.7. The second-order valence-electron chi connectivity index (χ2n) is 5.96. The number of amides is 1. The lowest BCUT2D eigenvalue weighted by Gasteiger charge is -2.29. The Morgan fingerprint density at radius 1 is 1.26 bits per heavy atom. The summed E-state index contributed by atoms with van der Waals surface area (Å²) in [5.41, 5.74) is 2.73. The van der Waals surface area contributed by atoms with Gasteiger partial charge in [0, 0.05) is 26.1 Å². The van der Waals surface area contributed by atoms with Gasteiger partial charge in [-0.1, -0.05) is 24.3 Å². The van der Waals surface area contributed by atoms with Crippen LogP contribution in [0.1, 0.15) is 24.0 Å². The maximum atomic E-state index is 12.4. The number of hydrogen-bond donors (Lipinski definition) is 0. The lowest BCUT2D eigenvalue weighted by atomic mass is 9.98. The Morgan fingerprint density at radius 3 is 2.79 bits per heavy atom. The molecule has 1 fully saturated rings. The van der Waals surface area contributed by atoms with Crippen molar-refractivity contribution in [3.8, 4) is 0 Å². The van der Waals surface area contributed by atoms with Gasteiger partial charge in [0.05, 0.1) is 0 Å². The molecule has 19 heavy (non-hydrogen) atoms. The Labute approximate surface area is 115 Å². The number of rotatable bonds is 2. The molecule has 3 rings (SSSR count). The molecular weight excluding hydrogens is 236 g/mol. The minimum absolute atomic E-state index is 0.342. The number of fused-ring (bicyclic) bond motifs is 1. The van der Waals surface area contributed by atoms with Crippen LogP contribution in [-0.2, 0) is 17.8 Å². The fourth-order valence-electron chi connectivity index (χ4n) is 3.28. The molecule has 0 aromatic heterocycles. The molecule has 0 aliphatic carbocycles. The fraction of sp³-hybridized carbons (Fsp3) is 0.562. The van der Waals surface area contributed by atoms with Crippen LogP contribution >= 0.6 is 0 Å². The molecule has 3 heteroatoms. The molecule has 0 saturated carbocycles. The predicted octanol–water partition coefficient (Wildman–Crippen LogP) is 1.91. The Hall–Kier alpha value is -1.35. The van der Waals surface area contributed by atoms with Gasteiger partial charge < -0.3 is 9.80 Å². The van der Waals surface area contributed by atoms with Crippen LogP contribution in [0.3, 0.4) is 0 Å². The van der Waals surface area contributed by atoms with Crippen LogP contribution in [0, 0.1) is 5.92 Å². The molecule has 1 aromatic rings. The van der Waals surface area contributed by atoms with Crippen LogP contribution in [0.4, 0.5) is 0 Å². The summed E-state index contributed by atoms with van der Waals surface area (Å²) in [6.45, 7) is 3.91. The van der Waals surface area contributed by atoms with Crippen molar-refractivity contribution in [3.05, 3.63) is 35.4 Å². The molecule has 1 saturated heterocycles. The lowest BCUT2D eigenvalue weighted by Crippen LogP contribution is -2.37. The molecule has 0 spiro atoms. The Bertz CT molecular complexity index is 472. The summed E-state index contributed by atoms with van der Waals surface area (Å²) in [6, 6.07) is 8.49. The maximum absolute atomic E-state index is 12.4. The first-order chi connectivity index (χ1) is 9.22. The monoisotopic (exact) mass is 258 g/mol. The van der Waals surface area contributed by atoms with Crippen molar-refractivity contribution < 1.29 is 4.79 Å². The van der Waals surface area contributed by atoms with E-state index < -0.39 is 0 Å². The molecule has 102 valence electrons. The van der Waals surface area contributed by atoms with E-state index >= 15 is 0 Å². The lowest BCUT2D eigenvalue weighted by molar-refractivity contribution is -0.133. The summed E-state index contributed by atoms with van der Waals surface area (Å²) in [5.74, 6) is 0.907. The van der Waals surface area contributed by atoms with Gasteiger partial charge in [-0.3, -0.25) is 4.79 Å². The van der Waals surface area contributed by atoms with Crippen molar-refractivity contribution in [1.29, 1.82) is 0 Å². The van der Waals surface area contributed by atoms with E-state index in [0.29, 0.717) is 11.8 Å². The molecule has 1 aromatic carbocycles. The Kier molecular flexibility index (Phi) is 3.56. The van der Waals surface area contributed by atoms with Crippen LogP contribution in [0.5, 0.6) is 0 Å². The third-order valence-corrected chi connectivity index (χ3v) is 4.44. The van der Waals surface area contributed by atoms with Gasteiger partial charge in [0.2, 0.25) is 5.91 Å². The van der Waals surface area contributed by atoms with Gasteiger partial charge in [-0.25, -0.2) is 0 Å². The molecule has 0 bridgehead atoms. The van der Waals surface area contributed by atoms with Gasteiger partial charge in [0.25, 0.3) is 0 Å². The van der Waals surface area contributed by atoms with E-state index in [1.54, 1.807) is 0 Å². The van der Waals surface area contributed by atoms with Crippen molar-refractivity contribution in [2.24, 2.45) is 5.92 Å². The maximum Gasteiger partial charge on any atom is 0.223 e. The highest BCUT2D eigenvalue weighted by atomic mass is 16.2. The minimum Gasteiger partial charge on any atom is -0.338 e. The van der Waals surface area contributed by atoms with Crippen molar-refractivity contribution in [2.45, 2.75) is 25.8 Å². The van der Waals surface area contributed by atoms with Crippen molar-refractivity contribution >= 4 is 5.91 Å². The third-order valence-electron chi connectivity index (χ3n) is 4.44. The number of carbonyl (C=O) groups excluding carboxylic acids is 1. The van der Waals surface area contributed by atoms with Crippen molar-refractivity contribution in [3.63, 3.8) is 0 Å². The summed E-state index contributed by atoms with van der Waals surface area (Å²) in [4.78, 5) is 16.7. The first-order valence-corrected chi connectivity index (χ1v) is 7.25. The molecule has 2 heterocycles. The summed E-state index contributed by atoms with van der Waals surface area (Å²) < 4.78 is 0. The van der Waals surface area contributed by atoms with Crippen LogP contribution in [0.25, 0.3) is 0 Å². The normalized spacial score (nSPS) is 23.4. The van der Waals surface area contributed by atoms with E-state index in [4.69, 9.17) is 0 Å². The van der Waals surface area contributed by atoms with E-state index in [2.05, 4.69) is 36.2 Å². The number of hydrogen-bond acceptors (Lipinski definition) is 2. The van der Waals surface area contributed by atoms with Gasteiger partial charge in [0.1, 0.15) is 0 Å². The van der Waals surface area contributed by atoms with E-state index in [1.807, 2.05) is 4.90 Å². The number of likely N-dealkylation sites (tertiary alicyclic amines) is 1. The molecule has 3 nitrogen and oxygen atoms in total. The minimum atomic E-state index is 0.342. The van der Waals surface area contributed by atoms with Crippen LogP contribution < -0.4 is 0 Å². The highest BCUT2D eigenvalue weighted by Gasteiger charge is 2.26. The van der Waals surface area contributed by atoms with Gasteiger partial charge in [-0.05, 0) is 43.5 Å². The van der Waals surface area contributed by atoms with Crippen LogP contribution in [0.2, 0.25) is 0 Å². The highest BCUT2D eigenvalue weighted by Crippen LogP contribution is 2.23. The average Bonchev–Trinajstić information content (AvgIpc) is 2.83. The number of carbonyl (C=O) groups is 1. The smallest absolute Gasteiger partial charge is 0.223 e. The highest BCUT2D eigenvalue weighted by molar-refractivity contribution is 5.76. The second kappa shape index (κ2) is 5.33. The van der Waals surface area contributed by atoms with Crippen molar-refractivity contribution in [1.82, 2.24) is 9.80 Å². The molecule has 0 radical (unpaired) electrons. The fourth-order valence-corrected chi connectivity index (χ4v) is 3.28. The third kappa shape index (κ3) is 2.81. The topological polar surface area (TPSA) is 23.6 Å². The van der Waals surface area contributed by atoms with Crippen LogP contribution in [0.15, 0.2) is 24.3 Å². The molecule has 1 atom stereocenters. The summed E-state index contributed by atoms with van der Waals surface area (Å²) >= 11 is 0. The standard InChI is InChI=1S/C16H22N2O/c1-17-8-6-13(11-17)10-16(19)18-9-7-14-4-2-3-5-15(14)12-18/h2-5,13H,6-12H2,1H3. The average molecular weight is 258 g/mol. The molecule has 2 aliphatic heterocycles. The summed E-state index contributed by atoms with van der Waals surface area (Å²) in [6.07, 6.45) is 2.91. The summed E-state index contributed by atoms with van der Waals surface area (Å²) in [7, 11) is 2.14. The van der Waals surface area contributed by atoms with E-state index in [0.717, 1.165) is 39.0 Å². The molecule has 1 amide bonds. The number of benzene rings is 1. The van der Waals surface area contributed by atoms with Gasteiger partial charge >= 0.3 is 0 Å². The number of nitrogens with zero attached hydrogens (tertiary/aromatic N) is 2. The Morgan fingerprint density at radius 2 is 2.05 bits per heavy atom. The van der Waals surface area contributed by atoms with Gasteiger partial charge in [-0.15, -0.1) is 0 Å². The van der Waals surface area contributed by atoms with Crippen LogP contribution in [-0.4, -0.2) is 42.4 Å². The molecule has 2 aliphatic rings. The molecular formula is C16H22N2O.